The van der Waals surface area contributed by atoms with Crippen molar-refractivity contribution in [3.8, 4) is 0 Å². The van der Waals surface area contributed by atoms with Crippen LogP contribution >= 0.6 is 0 Å². The second-order valence-corrected chi connectivity index (χ2v) is 4.92. The number of carbonyl (C=O) groups is 1. The predicted molar refractivity (Wildman–Crippen MR) is 51.1 cm³/mol. The summed E-state index contributed by atoms with van der Waals surface area (Å²) in [5, 5.41) is 0. The molecule has 0 aliphatic carbocycles. The number of cyclic esters (lactones) is 1. The van der Waals surface area contributed by atoms with E-state index in [0.717, 1.165) is 0 Å². The van der Waals surface area contributed by atoms with Crippen molar-refractivity contribution in [1.29, 1.82) is 0 Å². The standard InChI is InChI=1S/C10H15NO3/c1-9(2)5-14-8(11-9)10(3)4-7(12)13-6-10/h4-6H2,1-3H3. The van der Waals surface area contributed by atoms with Crippen molar-refractivity contribution < 1.29 is 14.3 Å². The van der Waals surface area contributed by atoms with Gasteiger partial charge < -0.3 is 9.47 Å². The molecule has 14 heavy (non-hydrogen) atoms. The van der Waals surface area contributed by atoms with Crippen LogP contribution in [0.1, 0.15) is 27.2 Å². The van der Waals surface area contributed by atoms with Gasteiger partial charge in [0, 0.05) is 0 Å². The summed E-state index contributed by atoms with van der Waals surface area (Å²) in [6, 6.07) is 0. The van der Waals surface area contributed by atoms with Crippen molar-refractivity contribution in [3.05, 3.63) is 0 Å². The minimum Gasteiger partial charge on any atom is -0.478 e. The molecule has 0 N–H and O–H groups in total. The molecule has 78 valence electrons. The van der Waals surface area contributed by atoms with Gasteiger partial charge >= 0.3 is 5.97 Å². The average molecular weight is 197 g/mol. The van der Waals surface area contributed by atoms with Gasteiger partial charge in [0.2, 0.25) is 0 Å². The van der Waals surface area contributed by atoms with Gasteiger partial charge in [-0.25, -0.2) is 4.99 Å². The van der Waals surface area contributed by atoms with Gasteiger partial charge in [0.1, 0.15) is 13.2 Å². The van der Waals surface area contributed by atoms with E-state index < -0.39 is 0 Å². The van der Waals surface area contributed by atoms with E-state index in [1.165, 1.54) is 0 Å². The molecule has 1 atom stereocenters. The Morgan fingerprint density at radius 2 is 1.93 bits per heavy atom. The molecule has 4 nitrogen and oxygen atoms in total. The fourth-order valence-electron chi connectivity index (χ4n) is 1.69. The molecule has 2 rings (SSSR count). The topological polar surface area (TPSA) is 47.9 Å². The van der Waals surface area contributed by atoms with Crippen LogP contribution in [0.5, 0.6) is 0 Å². The van der Waals surface area contributed by atoms with Crippen LogP contribution in [-0.4, -0.2) is 30.6 Å². The first kappa shape index (κ1) is 9.49. The third kappa shape index (κ3) is 1.49. The van der Waals surface area contributed by atoms with E-state index in [0.29, 0.717) is 25.5 Å². The molecule has 1 fully saturated rings. The number of aliphatic imine (C=N–C) groups is 1. The van der Waals surface area contributed by atoms with Gasteiger partial charge in [0.05, 0.1) is 17.4 Å². The van der Waals surface area contributed by atoms with Gasteiger partial charge in [-0.1, -0.05) is 0 Å². The molecule has 0 amide bonds. The smallest absolute Gasteiger partial charge is 0.307 e. The van der Waals surface area contributed by atoms with Crippen molar-refractivity contribution in [3.63, 3.8) is 0 Å². The van der Waals surface area contributed by atoms with E-state index in [-0.39, 0.29) is 16.9 Å². The third-order valence-electron chi connectivity index (χ3n) is 2.57. The Labute approximate surface area is 83.3 Å². The number of nitrogens with zero attached hydrogens (tertiary/aromatic N) is 1. The van der Waals surface area contributed by atoms with Gasteiger partial charge in [-0.3, -0.25) is 4.79 Å². The first-order valence-electron chi connectivity index (χ1n) is 4.80. The van der Waals surface area contributed by atoms with Gasteiger partial charge in [0.15, 0.2) is 5.90 Å². The molecule has 0 aromatic carbocycles. The molecule has 1 saturated heterocycles. The molecular formula is C10H15NO3. The highest BCUT2D eigenvalue weighted by atomic mass is 16.5. The lowest BCUT2D eigenvalue weighted by Gasteiger charge is -2.18. The average Bonchev–Trinajstić information content (AvgIpc) is 2.57. The minimum atomic E-state index is -0.342. The lowest BCUT2D eigenvalue weighted by atomic mass is 9.89. The van der Waals surface area contributed by atoms with E-state index in [2.05, 4.69) is 4.99 Å². The summed E-state index contributed by atoms with van der Waals surface area (Å²) >= 11 is 0. The highest BCUT2D eigenvalue weighted by Gasteiger charge is 2.45. The lowest BCUT2D eigenvalue weighted by Crippen LogP contribution is -2.28. The third-order valence-corrected chi connectivity index (χ3v) is 2.57. The molecule has 0 bridgehead atoms. The highest BCUT2D eigenvalue weighted by molar-refractivity contribution is 5.90. The molecule has 2 aliphatic heterocycles. The van der Waals surface area contributed by atoms with Crippen molar-refractivity contribution in [2.45, 2.75) is 32.7 Å². The maximum atomic E-state index is 11.0. The van der Waals surface area contributed by atoms with Gasteiger partial charge in [-0.05, 0) is 20.8 Å². The molecule has 4 heteroatoms. The number of hydrogen-bond acceptors (Lipinski definition) is 4. The summed E-state index contributed by atoms with van der Waals surface area (Å²) in [5.74, 6) is 0.511. The van der Waals surface area contributed by atoms with E-state index in [9.17, 15) is 4.79 Å². The Kier molecular flexibility index (Phi) is 1.84. The van der Waals surface area contributed by atoms with E-state index >= 15 is 0 Å². The quantitative estimate of drug-likeness (QED) is 0.592. The van der Waals surface area contributed by atoms with Crippen LogP contribution < -0.4 is 0 Å². The molecule has 0 radical (unpaired) electrons. The second-order valence-electron chi connectivity index (χ2n) is 4.92. The number of rotatable bonds is 1. The van der Waals surface area contributed by atoms with Crippen molar-refractivity contribution in [1.82, 2.24) is 0 Å². The zero-order chi connectivity index (χ0) is 10.4. The number of esters is 1. The van der Waals surface area contributed by atoms with Gasteiger partial charge in [0.25, 0.3) is 0 Å². The second kappa shape index (κ2) is 2.72. The summed E-state index contributed by atoms with van der Waals surface area (Å²) in [4.78, 5) is 15.5. The van der Waals surface area contributed by atoms with Crippen LogP contribution in [0, 0.1) is 5.41 Å². The van der Waals surface area contributed by atoms with E-state index in [1.54, 1.807) is 0 Å². The summed E-state index contributed by atoms with van der Waals surface area (Å²) in [6.07, 6.45) is 0.377. The summed E-state index contributed by atoms with van der Waals surface area (Å²) in [6.45, 7) is 6.97. The fraction of sp³-hybridized carbons (Fsp3) is 0.800. The summed E-state index contributed by atoms with van der Waals surface area (Å²) < 4.78 is 10.5. The lowest BCUT2D eigenvalue weighted by molar-refractivity contribution is -0.137. The van der Waals surface area contributed by atoms with Crippen molar-refractivity contribution in [2.24, 2.45) is 10.4 Å². The Hall–Kier alpha value is -1.06. The van der Waals surface area contributed by atoms with Crippen LogP contribution in [0.25, 0.3) is 0 Å². The van der Waals surface area contributed by atoms with Crippen LogP contribution in [0.3, 0.4) is 0 Å². The van der Waals surface area contributed by atoms with Crippen LogP contribution in [0.15, 0.2) is 4.99 Å². The van der Waals surface area contributed by atoms with Crippen LogP contribution in [-0.2, 0) is 14.3 Å². The maximum Gasteiger partial charge on any atom is 0.307 e. The Bertz CT molecular complexity index is 308. The van der Waals surface area contributed by atoms with Crippen LogP contribution in [0.4, 0.5) is 0 Å². The first-order valence-corrected chi connectivity index (χ1v) is 4.80. The zero-order valence-corrected chi connectivity index (χ0v) is 8.79. The normalized spacial score (nSPS) is 35.1. The zero-order valence-electron chi connectivity index (χ0n) is 8.79. The molecule has 2 heterocycles. The molecule has 0 aromatic heterocycles. The monoisotopic (exact) mass is 197 g/mol. The first-order chi connectivity index (χ1) is 6.41. The maximum absolute atomic E-state index is 11.0. The van der Waals surface area contributed by atoms with E-state index in [4.69, 9.17) is 9.47 Å². The largest absolute Gasteiger partial charge is 0.478 e. The van der Waals surface area contributed by atoms with Crippen molar-refractivity contribution >= 4 is 11.9 Å². The molecule has 2 aliphatic rings. The summed E-state index contributed by atoms with van der Waals surface area (Å²) in [5.41, 5.74) is -0.505. The summed E-state index contributed by atoms with van der Waals surface area (Å²) in [7, 11) is 0. The van der Waals surface area contributed by atoms with Gasteiger partial charge in [-0.15, -0.1) is 0 Å². The number of carbonyl (C=O) groups excluding carboxylic acids is 1. The Balaban J connectivity index is 2.20. The molecule has 0 saturated carbocycles. The fourth-order valence-corrected chi connectivity index (χ4v) is 1.69. The molecule has 0 spiro atoms. The minimum absolute atomic E-state index is 0.163. The molecule has 1 unspecified atom stereocenters. The van der Waals surface area contributed by atoms with E-state index in [1.807, 2.05) is 20.8 Å². The Morgan fingerprint density at radius 3 is 2.36 bits per heavy atom. The highest BCUT2D eigenvalue weighted by Crippen LogP contribution is 2.35. The predicted octanol–water partition coefficient (Wildman–Crippen LogP) is 1.15. The number of hydrogen-bond donors (Lipinski definition) is 0. The number of ether oxygens (including phenoxy) is 2. The molecule has 0 aromatic rings. The van der Waals surface area contributed by atoms with Gasteiger partial charge in [-0.2, -0.15) is 0 Å². The molecular weight excluding hydrogens is 182 g/mol. The SMILES string of the molecule is CC1(C)COC(C2(C)COC(=O)C2)=N1. The van der Waals surface area contributed by atoms with Crippen LogP contribution in [0.2, 0.25) is 0 Å². The Morgan fingerprint density at radius 1 is 1.21 bits per heavy atom. The van der Waals surface area contributed by atoms with Crippen molar-refractivity contribution in [2.75, 3.05) is 13.2 Å².